The molecule has 0 aromatic carbocycles. The van der Waals surface area contributed by atoms with Gasteiger partial charge < -0.3 is 10.4 Å². The highest BCUT2D eigenvalue weighted by molar-refractivity contribution is 7.91. The SMILES string of the molecule is O=C(NCc1ccnc(S(=O)(=O)CCCO)c1)c1ccncc1. The number of carbonyl (C=O) groups is 1. The Balaban J connectivity index is 2.04. The normalized spacial score (nSPS) is 11.2. The molecule has 2 heterocycles. The Morgan fingerprint density at radius 1 is 1.17 bits per heavy atom. The molecular weight excluding hydrogens is 318 g/mol. The Bertz CT molecular complexity index is 763. The number of carbonyl (C=O) groups excluding carboxylic acids is 1. The quantitative estimate of drug-likeness (QED) is 0.765. The molecule has 2 N–H and O–H groups in total. The van der Waals surface area contributed by atoms with Crippen LogP contribution in [0.3, 0.4) is 0 Å². The van der Waals surface area contributed by atoms with Crippen molar-refractivity contribution < 1.29 is 18.3 Å². The topological polar surface area (TPSA) is 109 Å². The minimum atomic E-state index is -3.53. The summed E-state index contributed by atoms with van der Waals surface area (Å²) in [6.07, 6.45) is 4.59. The van der Waals surface area contributed by atoms with Crippen LogP contribution in [0.15, 0.2) is 47.9 Å². The van der Waals surface area contributed by atoms with Gasteiger partial charge >= 0.3 is 0 Å². The molecule has 0 fully saturated rings. The summed E-state index contributed by atoms with van der Waals surface area (Å²) in [6.45, 7) is -0.00684. The minimum absolute atomic E-state index is 0.0541. The third kappa shape index (κ3) is 4.83. The molecule has 0 radical (unpaired) electrons. The van der Waals surface area contributed by atoms with Crippen molar-refractivity contribution in [2.75, 3.05) is 12.4 Å². The van der Waals surface area contributed by atoms with Gasteiger partial charge in [0.05, 0.1) is 5.75 Å². The van der Waals surface area contributed by atoms with Crippen molar-refractivity contribution in [3.63, 3.8) is 0 Å². The summed E-state index contributed by atoms with van der Waals surface area (Å²) >= 11 is 0. The summed E-state index contributed by atoms with van der Waals surface area (Å²) < 4.78 is 24.1. The number of rotatable bonds is 7. The summed E-state index contributed by atoms with van der Waals surface area (Å²) in [5, 5.41) is 11.4. The lowest BCUT2D eigenvalue weighted by Gasteiger charge is -2.07. The molecule has 2 aromatic heterocycles. The molecule has 122 valence electrons. The second-order valence-corrected chi connectivity index (χ2v) is 6.87. The molecule has 2 aromatic rings. The monoisotopic (exact) mass is 335 g/mol. The van der Waals surface area contributed by atoms with E-state index >= 15 is 0 Å². The summed E-state index contributed by atoms with van der Waals surface area (Å²) in [4.78, 5) is 19.6. The molecule has 0 saturated carbocycles. The Kier molecular flexibility index (Phi) is 5.78. The molecule has 23 heavy (non-hydrogen) atoms. The molecule has 0 saturated heterocycles. The Morgan fingerprint density at radius 2 is 1.91 bits per heavy atom. The van der Waals surface area contributed by atoms with Crippen LogP contribution >= 0.6 is 0 Å². The third-order valence-corrected chi connectivity index (χ3v) is 4.77. The van der Waals surface area contributed by atoms with E-state index in [0.29, 0.717) is 11.1 Å². The molecule has 0 aliphatic carbocycles. The number of sulfone groups is 1. The van der Waals surface area contributed by atoms with Crippen molar-refractivity contribution in [1.82, 2.24) is 15.3 Å². The zero-order valence-electron chi connectivity index (χ0n) is 12.3. The van der Waals surface area contributed by atoms with Crippen molar-refractivity contribution in [2.45, 2.75) is 18.0 Å². The van der Waals surface area contributed by atoms with E-state index in [-0.39, 0.29) is 36.3 Å². The van der Waals surface area contributed by atoms with E-state index < -0.39 is 9.84 Å². The maximum Gasteiger partial charge on any atom is 0.251 e. The number of aliphatic hydroxyl groups excluding tert-OH is 1. The molecule has 0 aliphatic rings. The molecule has 2 rings (SSSR count). The number of hydrogen-bond acceptors (Lipinski definition) is 6. The summed E-state index contributed by atoms with van der Waals surface area (Å²) in [5.41, 5.74) is 1.11. The van der Waals surface area contributed by atoms with Crippen LogP contribution in [-0.4, -0.2) is 41.8 Å². The number of hydrogen-bond donors (Lipinski definition) is 2. The fraction of sp³-hybridized carbons (Fsp3) is 0.267. The number of nitrogens with zero attached hydrogens (tertiary/aromatic N) is 2. The zero-order chi connectivity index (χ0) is 16.7. The van der Waals surface area contributed by atoms with Gasteiger partial charge in [0.2, 0.25) is 0 Å². The first-order valence-electron chi connectivity index (χ1n) is 7.00. The van der Waals surface area contributed by atoms with Crippen LogP contribution in [0.25, 0.3) is 0 Å². The number of nitrogens with one attached hydrogen (secondary N) is 1. The lowest BCUT2D eigenvalue weighted by atomic mass is 10.2. The first-order chi connectivity index (χ1) is 11.0. The average Bonchev–Trinajstić information content (AvgIpc) is 2.59. The Morgan fingerprint density at radius 3 is 2.61 bits per heavy atom. The zero-order valence-corrected chi connectivity index (χ0v) is 13.2. The molecule has 0 atom stereocenters. The molecule has 0 bridgehead atoms. The molecule has 0 aliphatic heterocycles. The van der Waals surface area contributed by atoms with Crippen LogP contribution in [0, 0.1) is 0 Å². The second-order valence-electron chi connectivity index (χ2n) is 4.82. The predicted molar refractivity (Wildman–Crippen MR) is 83.4 cm³/mol. The van der Waals surface area contributed by atoms with Crippen molar-refractivity contribution >= 4 is 15.7 Å². The lowest BCUT2D eigenvalue weighted by Crippen LogP contribution is -2.23. The largest absolute Gasteiger partial charge is 0.396 e. The van der Waals surface area contributed by atoms with Gasteiger partial charge in [0.25, 0.3) is 5.91 Å². The molecular formula is C15H17N3O4S. The third-order valence-electron chi connectivity index (χ3n) is 3.08. The van der Waals surface area contributed by atoms with Gasteiger partial charge in [0, 0.05) is 37.3 Å². The summed E-state index contributed by atoms with van der Waals surface area (Å²) in [7, 11) is -3.53. The van der Waals surface area contributed by atoms with E-state index in [1.807, 2.05) is 0 Å². The van der Waals surface area contributed by atoms with Gasteiger partial charge in [-0.25, -0.2) is 13.4 Å². The number of amides is 1. The van der Waals surface area contributed by atoms with Crippen LogP contribution in [0.1, 0.15) is 22.3 Å². The highest BCUT2D eigenvalue weighted by atomic mass is 32.2. The highest BCUT2D eigenvalue weighted by Crippen LogP contribution is 2.11. The predicted octanol–water partition coefficient (Wildman–Crippen LogP) is 0.563. The van der Waals surface area contributed by atoms with Crippen LogP contribution < -0.4 is 5.32 Å². The average molecular weight is 335 g/mol. The van der Waals surface area contributed by atoms with Gasteiger partial charge in [-0.15, -0.1) is 0 Å². The van der Waals surface area contributed by atoms with Crippen molar-refractivity contribution in [3.05, 3.63) is 54.0 Å². The molecule has 7 nitrogen and oxygen atoms in total. The minimum Gasteiger partial charge on any atom is -0.396 e. The summed E-state index contributed by atoms with van der Waals surface area (Å²) in [6, 6.07) is 6.25. The highest BCUT2D eigenvalue weighted by Gasteiger charge is 2.16. The standard InChI is InChI=1S/C15H17N3O4S/c19-8-1-9-23(21,22)14-10-12(2-7-17-14)11-18-15(20)13-3-5-16-6-4-13/h2-7,10,19H,1,8-9,11H2,(H,18,20). The number of pyridine rings is 2. The maximum atomic E-state index is 12.0. The molecule has 1 amide bonds. The van der Waals surface area contributed by atoms with E-state index in [0.717, 1.165) is 0 Å². The fourth-order valence-corrected chi connectivity index (χ4v) is 3.15. The van der Waals surface area contributed by atoms with Crippen molar-refractivity contribution in [1.29, 1.82) is 0 Å². The van der Waals surface area contributed by atoms with Gasteiger partial charge in [-0.1, -0.05) is 0 Å². The van der Waals surface area contributed by atoms with E-state index in [1.165, 1.54) is 24.7 Å². The van der Waals surface area contributed by atoms with Gasteiger partial charge in [-0.05, 0) is 36.2 Å². The maximum absolute atomic E-state index is 12.0. The van der Waals surface area contributed by atoms with Crippen LogP contribution in [0.4, 0.5) is 0 Å². The Hall–Kier alpha value is -2.32. The molecule has 0 unspecified atom stereocenters. The van der Waals surface area contributed by atoms with E-state index in [2.05, 4.69) is 15.3 Å². The van der Waals surface area contributed by atoms with Gasteiger partial charge in [0.15, 0.2) is 14.9 Å². The van der Waals surface area contributed by atoms with Crippen LogP contribution in [0.5, 0.6) is 0 Å². The van der Waals surface area contributed by atoms with E-state index in [4.69, 9.17) is 5.11 Å². The number of aliphatic hydroxyl groups is 1. The van der Waals surface area contributed by atoms with Gasteiger partial charge in [-0.3, -0.25) is 9.78 Å². The van der Waals surface area contributed by atoms with Gasteiger partial charge in [0.1, 0.15) is 0 Å². The van der Waals surface area contributed by atoms with Crippen molar-refractivity contribution in [2.24, 2.45) is 0 Å². The number of aromatic nitrogens is 2. The molecule has 8 heteroatoms. The van der Waals surface area contributed by atoms with Crippen LogP contribution in [0.2, 0.25) is 0 Å². The van der Waals surface area contributed by atoms with E-state index in [1.54, 1.807) is 18.2 Å². The van der Waals surface area contributed by atoms with Crippen LogP contribution in [-0.2, 0) is 16.4 Å². The first kappa shape index (κ1) is 17.0. The summed E-state index contributed by atoms with van der Waals surface area (Å²) in [5.74, 6) is -0.433. The van der Waals surface area contributed by atoms with Gasteiger partial charge in [-0.2, -0.15) is 0 Å². The Labute approximate surface area is 134 Å². The lowest BCUT2D eigenvalue weighted by molar-refractivity contribution is 0.0950. The second kappa shape index (κ2) is 7.80. The first-order valence-corrected chi connectivity index (χ1v) is 8.65. The van der Waals surface area contributed by atoms with E-state index in [9.17, 15) is 13.2 Å². The van der Waals surface area contributed by atoms with Crippen molar-refractivity contribution in [3.8, 4) is 0 Å². The molecule has 0 spiro atoms. The fourth-order valence-electron chi connectivity index (χ4n) is 1.88. The smallest absolute Gasteiger partial charge is 0.251 e.